The van der Waals surface area contributed by atoms with E-state index in [1.807, 2.05) is 30.1 Å². The number of nitrogens with zero attached hydrogens (tertiary/aromatic N) is 3. The molecule has 1 N–H and O–H groups in total. The van der Waals surface area contributed by atoms with E-state index in [9.17, 15) is 4.79 Å². The Kier molecular flexibility index (Phi) is 7.34. The Morgan fingerprint density at radius 2 is 1.81 bits per heavy atom. The largest absolute Gasteiger partial charge is 0.328 e. The molecule has 1 aliphatic heterocycles. The summed E-state index contributed by atoms with van der Waals surface area (Å²) in [6, 6.07) is 5.91. The number of rotatable bonds is 6. The highest BCUT2D eigenvalue weighted by molar-refractivity contribution is 6.30. The lowest BCUT2D eigenvalue weighted by Gasteiger charge is -2.26. The van der Waals surface area contributed by atoms with Gasteiger partial charge in [0, 0.05) is 35.9 Å². The fraction of sp³-hybridized carbons (Fsp3) is 0.600. The Labute approximate surface area is 191 Å². The van der Waals surface area contributed by atoms with E-state index in [1.54, 1.807) is 0 Å². The molecule has 2 heterocycles. The molecule has 0 bridgehead atoms. The molecule has 168 valence electrons. The van der Waals surface area contributed by atoms with E-state index in [2.05, 4.69) is 16.9 Å². The van der Waals surface area contributed by atoms with E-state index in [0.29, 0.717) is 10.7 Å². The third-order valence-electron chi connectivity index (χ3n) is 6.98. The van der Waals surface area contributed by atoms with Gasteiger partial charge in [0.05, 0.1) is 0 Å². The van der Waals surface area contributed by atoms with Crippen LogP contribution in [0.3, 0.4) is 0 Å². The van der Waals surface area contributed by atoms with Crippen LogP contribution in [0.2, 0.25) is 5.02 Å². The van der Waals surface area contributed by atoms with Crippen LogP contribution in [0.25, 0.3) is 11.4 Å². The maximum Gasteiger partial charge on any atom is 0.286 e. The maximum atomic E-state index is 13.1. The van der Waals surface area contributed by atoms with Crippen molar-refractivity contribution in [3.05, 3.63) is 40.2 Å². The predicted molar refractivity (Wildman–Crippen MR) is 126 cm³/mol. The molecule has 2 aromatic rings. The Morgan fingerprint density at radius 1 is 1.10 bits per heavy atom. The zero-order valence-electron chi connectivity index (χ0n) is 18.9. The summed E-state index contributed by atoms with van der Waals surface area (Å²) in [4.78, 5) is 18.0. The van der Waals surface area contributed by atoms with Crippen LogP contribution in [0.4, 0.5) is 0 Å². The fourth-order valence-corrected chi connectivity index (χ4v) is 5.23. The van der Waals surface area contributed by atoms with Crippen molar-refractivity contribution in [2.75, 3.05) is 13.1 Å². The van der Waals surface area contributed by atoms with Crippen LogP contribution in [-0.4, -0.2) is 33.6 Å². The molecule has 1 aromatic heterocycles. The maximum absolute atomic E-state index is 13.1. The predicted octanol–water partition coefficient (Wildman–Crippen LogP) is 5.92. The van der Waals surface area contributed by atoms with Crippen LogP contribution in [0.5, 0.6) is 0 Å². The Bertz CT molecular complexity index is 910. The molecule has 2 fully saturated rings. The van der Waals surface area contributed by atoms with Gasteiger partial charge in [0.2, 0.25) is 0 Å². The first-order valence-corrected chi connectivity index (χ1v) is 12.3. The first kappa shape index (κ1) is 22.3. The molecule has 1 saturated carbocycles. The normalized spacial score (nSPS) is 18.3. The van der Waals surface area contributed by atoms with Gasteiger partial charge in [0.1, 0.15) is 5.82 Å². The summed E-state index contributed by atoms with van der Waals surface area (Å²) >= 11 is 6.33. The number of imidazole rings is 1. The molecule has 0 unspecified atom stereocenters. The second-order valence-electron chi connectivity index (χ2n) is 9.26. The Hall–Kier alpha value is -1.85. The van der Waals surface area contributed by atoms with Crippen molar-refractivity contribution in [1.29, 1.82) is 0 Å². The third kappa shape index (κ3) is 5.32. The number of aryl methyl sites for hydroxylation is 1. The number of carbonyl (C=O) groups is 1. The minimum atomic E-state index is -0.100. The average Bonchev–Trinajstić information content (AvgIpc) is 3.11. The van der Waals surface area contributed by atoms with E-state index >= 15 is 0 Å². The van der Waals surface area contributed by atoms with Crippen molar-refractivity contribution in [1.82, 2.24) is 20.0 Å². The molecule has 2 aliphatic rings. The molecule has 0 atom stereocenters. The lowest BCUT2D eigenvalue weighted by atomic mass is 9.87. The Morgan fingerprint density at radius 3 is 2.55 bits per heavy atom. The average molecular weight is 443 g/mol. The van der Waals surface area contributed by atoms with Crippen LogP contribution < -0.4 is 5.43 Å². The molecule has 1 aromatic carbocycles. The van der Waals surface area contributed by atoms with Gasteiger partial charge in [-0.15, -0.1) is 0 Å². The van der Waals surface area contributed by atoms with Crippen molar-refractivity contribution >= 4 is 17.5 Å². The summed E-state index contributed by atoms with van der Waals surface area (Å²) in [6.45, 7) is 6.82. The lowest BCUT2D eigenvalue weighted by molar-refractivity contribution is 0.0744. The van der Waals surface area contributed by atoms with Gasteiger partial charge in [0.25, 0.3) is 5.91 Å². The summed E-state index contributed by atoms with van der Waals surface area (Å²) in [5.74, 6) is 1.53. The minimum Gasteiger partial charge on any atom is -0.328 e. The molecule has 0 spiro atoms. The summed E-state index contributed by atoms with van der Waals surface area (Å²) in [5, 5.41) is 2.73. The number of halogens is 1. The van der Waals surface area contributed by atoms with Crippen molar-refractivity contribution in [3.63, 3.8) is 0 Å². The van der Waals surface area contributed by atoms with Crippen LogP contribution >= 0.6 is 11.6 Å². The second kappa shape index (κ2) is 10.2. The lowest BCUT2D eigenvalue weighted by Crippen LogP contribution is -2.45. The molecule has 31 heavy (non-hydrogen) atoms. The summed E-state index contributed by atoms with van der Waals surface area (Å²) in [6.07, 6.45) is 11.3. The van der Waals surface area contributed by atoms with E-state index < -0.39 is 0 Å². The Balaban J connectivity index is 1.63. The van der Waals surface area contributed by atoms with E-state index in [1.165, 1.54) is 38.5 Å². The first-order chi connectivity index (χ1) is 15.0. The summed E-state index contributed by atoms with van der Waals surface area (Å²) in [7, 11) is 0. The molecule has 1 amide bonds. The zero-order valence-corrected chi connectivity index (χ0v) is 19.7. The number of hydrogen-bond donors (Lipinski definition) is 1. The van der Waals surface area contributed by atoms with Crippen molar-refractivity contribution in [3.8, 4) is 11.4 Å². The second-order valence-corrected chi connectivity index (χ2v) is 9.70. The third-order valence-corrected chi connectivity index (χ3v) is 7.21. The number of piperidine rings is 1. The smallest absolute Gasteiger partial charge is 0.286 e. The van der Waals surface area contributed by atoms with Gasteiger partial charge in [-0.3, -0.25) is 10.2 Å². The number of benzene rings is 1. The van der Waals surface area contributed by atoms with Crippen molar-refractivity contribution in [2.45, 2.75) is 78.2 Å². The number of carbonyl (C=O) groups excluding carboxylic acids is 1. The summed E-state index contributed by atoms with van der Waals surface area (Å²) in [5.41, 5.74) is 6.70. The van der Waals surface area contributed by atoms with Gasteiger partial charge in [-0.1, -0.05) is 56.2 Å². The molecule has 0 radical (unpaired) electrons. The molecule has 1 saturated heterocycles. The molecule has 5 nitrogen and oxygen atoms in total. The number of nitrogens with one attached hydrogen (secondary N) is 1. The van der Waals surface area contributed by atoms with E-state index in [4.69, 9.17) is 16.6 Å². The van der Waals surface area contributed by atoms with Gasteiger partial charge in [-0.2, -0.15) is 0 Å². The summed E-state index contributed by atoms with van der Waals surface area (Å²) < 4.78 is 2.25. The number of aromatic nitrogens is 2. The molecule has 6 heteroatoms. The van der Waals surface area contributed by atoms with E-state index in [0.717, 1.165) is 67.5 Å². The van der Waals surface area contributed by atoms with Gasteiger partial charge < -0.3 is 4.57 Å². The number of amides is 1. The highest BCUT2D eigenvalue weighted by atomic mass is 35.5. The molecular formula is C25H35ClN4O. The van der Waals surface area contributed by atoms with Crippen molar-refractivity contribution < 1.29 is 4.79 Å². The fourth-order valence-electron chi connectivity index (χ4n) is 5.05. The van der Waals surface area contributed by atoms with Crippen LogP contribution in [-0.2, 0) is 6.54 Å². The van der Waals surface area contributed by atoms with Gasteiger partial charge in [-0.05, 0) is 56.7 Å². The zero-order chi connectivity index (χ0) is 21.8. The minimum absolute atomic E-state index is 0.100. The van der Waals surface area contributed by atoms with Gasteiger partial charge in [0.15, 0.2) is 5.69 Å². The van der Waals surface area contributed by atoms with Gasteiger partial charge >= 0.3 is 0 Å². The number of hydrazine groups is 1. The topological polar surface area (TPSA) is 50.2 Å². The van der Waals surface area contributed by atoms with Gasteiger partial charge in [-0.25, -0.2) is 9.99 Å². The van der Waals surface area contributed by atoms with Crippen molar-refractivity contribution in [2.24, 2.45) is 5.92 Å². The highest BCUT2D eigenvalue weighted by Gasteiger charge is 2.24. The molecular weight excluding hydrogens is 408 g/mol. The van der Waals surface area contributed by atoms with Crippen LogP contribution in [0.1, 0.15) is 79.5 Å². The first-order valence-electron chi connectivity index (χ1n) is 11.9. The van der Waals surface area contributed by atoms with Crippen LogP contribution in [0, 0.1) is 19.8 Å². The highest BCUT2D eigenvalue weighted by Crippen LogP contribution is 2.31. The number of hydrogen-bond acceptors (Lipinski definition) is 3. The van der Waals surface area contributed by atoms with E-state index in [-0.39, 0.29) is 5.91 Å². The SMILES string of the molecule is Cc1ccc(Cl)cc1-c1nc(C(=O)NN2CCCCC2)c(C)n1CCC1CCCCC1. The molecule has 1 aliphatic carbocycles. The van der Waals surface area contributed by atoms with Crippen LogP contribution in [0.15, 0.2) is 18.2 Å². The quantitative estimate of drug-likeness (QED) is 0.603. The monoisotopic (exact) mass is 442 g/mol. The standard InChI is InChI=1S/C25H35ClN4O/c1-18-11-12-21(26)17-22(18)24-27-23(25(31)28-29-14-7-4-8-15-29)19(2)30(24)16-13-20-9-5-3-6-10-20/h11-12,17,20H,3-10,13-16H2,1-2H3,(H,28,31). The molecule has 4 rings (SSSR count).